The maximum atomic E-state index is 11.9. The maximum absolute atomic E-state index is 11.9. The molecule has 0 aliphatic carbocycles. The highest BCUT2D eigenvalue weighted by Gasteiger charge is 2.13. The minimum Gasteiger partial charge on any atom is -0.484 e. The molecule has 128 valence electrons. The van der Waals surface area contributed by atoms with Gasteiger partial charge in [-0.2, -0.15) is 0 Å². The number of anilines is 1. The zero-order valence-electron chi connectivity index (χ0n) is 12.8. The summed E-state index contributed by atoms with van der Waals surface area (Å²) in [5.41, 5.74) is 2.23. The van der Waals surface area contributed by atoms with Gasteiger partial charge in [0.2, 0.25) is 0 Å². The van der Waals surface area contributed by atoms with Gasteiger partial charge in [-0.25, -0.2) is 10.5 Å². The molecule has 3 rings (SSSR count). The Labute approximate surface area is 150 Å². The number of para-hydroxylation sites is 1. The molecule has 25 heavy (non-hydrogen) atoms. The van der Waals surface area contributed by atoms with Crippen LogP contribution in [0.5, 0.6) is 5.75 Å². The minimum absolute atomic E-state index is 0.112. The number of thiazole rings is 1. The van der Waals surface area contributed by atoms with Gasteiger partial charge in [0.05, 0.1) is 15.4 Å². The van der Waals surface area contributed by atoms with E-state index in [1.54, 1.807) is 35.1 Å². The van der Waals surface area contributed by atoms with Crippen LogP contribution in [0, 0.1) is 0 Å². The number of ether oxygens (including phenoxy) is 1. The Balaban J connectivity index is 1.58. The molecular weight excluding hydrogens is 362 g/mol. The normalized spacial score (nSPS) is 10.3. The number of carbonyl (C=O) groups is 2. The predicted molar refractivity (Wildman–Crippen MR) is 95.2 cm³/mol. The van der Waals surface area contributed by atoms with Crippen LogP contribution >= 0.6 is 22.7 Å². The molecule has 0 saturated carbocycles. The zero-order chi connectivity index (χ0) is 17.6. The molecule has 0 spiro atoms. The topological polar surface area (TPSA) is 101 Å². The third kappa shape index (κ3) is 4.41. The molecule has 0 radical (unpaired) electrons. The predicted octanol–water partition coefficient (Wildman–Crippen LogP) is 3.01. The molecule has 7 nitrogen and oxygen atoms in total. The Kier molecular flexibility index (Phi) is 5.39. The van der Waals surface area contributed by atoms with Crippen LogP contribution in [-0.2, 0) is 4.79 Å². The minimum atomic E-state index is -0.571. The van der Waals surface area contributed by atoms with Crippen LogP contribution in [0.25, 0.3) is 10.6 Å². The third-order valence-corrected chi connectivity index (χ3v) is 4.91. The van der Waals surface area contributed by atoms with Gasteiger partial charge in [-0.1, -0.05) is 18.2 Å². The molecule has 0 atom stereocenters. The van der Waals surface area contributed by atoms with E-state index >= 15 is 0 Å². The number of hydrogen-bond donors (Lipinski definition) is 3. The summed E-state index contributed by atoms with van der Waals surface area (Å²) in [6.07, 6.45) is 0. The summed E-state index contributed by atoms with van der Waals surface area (Å²) < 4.78 is 5.37. The van der Waals surface area contributed by atoms with E-state index in [4.69, 9.17) is 9.94 Å². The van der Waals surface area contributed by atoms with Crippen molar-refractivity contribution >= 4 is 39.6 Å². The summed E-state index contributed by atoms with van der Waals surface area (Å²) in [5, 5.41) is 13.5. The number of hydrogen-bond acceptors (Lipinski definition) is 7. The molecule has 0 bridgehead atoms. The van der Waals surface area contributed by atoms with Gasteiger partial charge in [-0.05, 0) is 24.3 Å². The largest absolute Gasteiger partial charge is 0.484 e. The zero-order valence-corrected chi connectivity index (χ0v) is 14.4. The molecule has 0 unspecified atom stereocenters. The first-order valence-electron chi connectivity index (χ1n) is 7.13. The van der Waals surface area contributed by atoms with Crippen molar-refractivity contribution in [1.29, 1.82) is 0 Å². The van der Waals surface area contributed by atoms with Crippen LogP contribution in [0.1, 0.15) is 9.67 Å². The van der Waals surface area contributed by atoms with Crippen LogP contribution < -0.4 is 15.5 Å². The number of aromatic nitrogens is 1. The van der Waals surface area contributed by atoms with Gasteiger partial charge >= 0.3 is 0 Å². The number of benzene rings is 1. The molecule has 0 saturated heterocycles. The Morgan fingerprint density at radius 1 is 1.16 bits per heavy atom. The summed E-state index contributed by atoms with van der Waals surface area (Å²) >= 11 is 2.47. The third-order valence-electron chi connectivity index (χ3n) is 3.05. The second-order valence-corrected chi connectivity index (χ2v) is 6.73. The van der Waals surface area contributed by atoms with E-state index in [0.717, 1.165) is 4.88 Å². The number of nitrogens with zero attached hydrogens (tertiary/aromatic N) is 1. The van der Waals surface area contributed by atoms with Gasteiger partial charge in [0.15, 0.2) is 11.7 Å². The molecule has 2 aromatic heterocycles. The van der Waals surface area contributed by atoms with Crippen molar-refractivity contribution in [2.45, 2.75) is 0 Å². The molecule has 3 aromatic rings. The van der Waals surface area contributed by atoms with E-state index in [0.29, 0.717) is 21.5 Å². The van der Waals surface area contributed by atoms with Crippen molar-refractivity contribution in [3.63, 3.8) is 0 Å². The summed E-state index contributed by atoms with van der Waals surface area (Å²) in [5.74, 6) is -0.264. The van der Waals surface area contributed by atoms with Crippen molar-refractivity contribution in [2.24, 2.45) is 0 Å². The highest BCUT2D eigenvalue weighted by molar-refractivity contribution is 7.18. The van der Waals surface area contributed by atoms with Crippen molar-refractivity contribution in [2.75, 3.05) is 11.9 Å². The number of nitrogens with one attached hydrogen (secondary N) is 2. The number of carbonyl (C=O) groups excluding carboxylic acids is 2. The fraction of sp³-hybridized carbons (Fsp3) is 0.0625. The Bertz CT molecular complexity index is 876. The van der Waals surface area contributed by atoms with Crippen molar-refractivity contribution < 1.29 is 19.5 Å². The van der Waals surface area contributed by atoms with E-state index in [9.17, 15) is 9.59 Å². The van der Waals surface area contributed by atoms with Crippen LogP contribution in [-0.4, -0.2) is 28.6 Å². The smallest absolute Gasteiger partial charge is 0.284 e. The lowest BCUT2D eigenvalue weighted by Crippen LogP contribution is -2.19. The van der Waals surface area contributed by atoms with Crippen molar-refractivity contribution in [3.8, 4) is 16.3 Å². The fourth-order valence-electron chi connectivity index (χ4n) is 1.92. The standard InChI is InChI=1S/C16H13N3O4S2/c20-14(8-23-10-4-2-1-3-5-10)18-16-17-11(9-24-16)12-6-7-13(25-12)15(21)19-22/h1-7,9,22H,8H2,(H,19,21)(H,17,18,20). The lowest BCUT2D eigenvalue weighted by atomic mass is 10.3. The Morgan fingerprint density at radius 2 is 1.96 bits per heavy atom. The van der Waals surface area contributed by atoms with Gasteiger partial charge < -0.3 is 4.74 Å². The summed E-state index contributed by atoms with van der Waals surface area (Å²) in [6.45, 7) is -0.112. The van der Waals surface area contributed by atoms with Gasteiger partial charge in [0.1, 0.15) is 5.75 Å². The first kappa shape index (κ1) is 17.1. The van der Waals surface area contributed by atoms with Gasteiger partial charge in [-0.15, -0.1) is 22.7 Å². The average molecular weight is 375 g/mol. The van der Waals surface area contributed by atoms with Crippen LogP contribution in [0.3, 0.4) is 0 Å². The lowest BCUT2D eigenvalue weighted by molar-refractivity contribution is -0.118. The molecular formula is C16H13N3O4S2. The monoisotopic (exact) mass is 375 g/mol. The van der Waals surface area contributed by atoms with Crippen LogP contribution in [0.4, 0.5) is 5.13 Å². The first-order valence-corrected chi connectivity index (χ1v) is 8.83. The highest BCUT2D eigenvalue weighted by Crippen LogP contribution is 2.30. The van der Waals surface area contributed by atoms with E-state index in [2.05, 4.69) is 10.3 Å². The average Bonchev–Trinajstić information content (AvgIpc) is 3.29. The van der Waals surface area contributed by atoms with E-state index in [1.165, 1.54) is 22.7 Å². The first-order chi connectivity index (χ1) is 12.2. The molecule has 0 aliphatic rings. The Morgan fingerprint density at radius 3 is 2.72 bits per heavy atom. The molecule has 1 aromatic carbocycles. The van der Waals surface area contributed by atoms with E-state index in [1.807, 2.05) is 18.2 Å². The number of rotatable bonds is 6. The quantitative estimate of drug-likeness (QED) is 0.454. The summed E-state index contributed by atoms with van der Waals surface area (Å²) in [6, 6.07) is 12.4. The summed E-state index contributed by atoms with van der Waals surface area (Å²) in [7, 11) is 0. The van der Waals surface area contributed by atoms with Crippen molar-refractivity contribution in [3.05, 3.63) is 52.7 Å². The van der Waals surface area contributed by atoms with Crippen LogP contribution in [0.2, 0.25) is 0 Å². The van der Waals surface area contributed by atoms with Crippen molar-refractivity contribution in [1.82, 2.24) is 10.5 Å². The van der Waals surface area contributed by atoms with E-state index in [-0.39, 0.29) is 12.5 Å². The molecule has 2 heterocycles. The van der Waals surface area contributed by atoms with Gasteiger partial charge in [0.25, 0.3) is 11.8 Å². The Hall–Kier alpha value is -2.75. The highest BCUT2D eigenvalue weighted by atomic mass is 32.1. The molecule has 9 heteroatoms. The fourth-order valence-corrected chi connectivity index (χ4v) is 3.58. The maximum Gasteiger partial charge on any atom is 0.284 e. The second-order valence-electron chi connectivity index (χ2n) is 4.79. The number of amides is 2. The van der Waals surface area contributed by atoms with E-state index < -0.39 is 5.91 Å². The van der Waals surface area contributed by atoms with Crippen LogP contribution in [0.15, 0.2) is 47.8 Å². The molecule has 2 amide bonds. The van der Waals surface area contributed by atoms with Gasteiger partial charge in [0, 0.05) is 5.38 Å². The molecule has 0 fully saturated rings. The molecule has 3 N–H and O–H groups in total. The number of thiophene rings is 1. The molecule has 0 aliphatic heterocycles. The number of hydroxylamine groups is 1. The van der Waals surface area contributed by atoms with Gasteiger partial charge in [-0.3, -0.25) is 20.1 Å². The summed E-state index contributed by atoms with van der Waals surface area (Å²) in [4.78, 5) is 28.7. The lowest BCUT2D eigenvalue weighted by Gasteiger charge is -2.05. The second kappa shape index (κ2) is 7.88. The SMILES string of the molecule is O=C(COc1ccccc1)Nc1nc(-c2ccc(C(=O)NO)s2)cs1.